The van der Waals surface area contributed by atoms with E-state index in [-0.39, 0.29) is 11.8 Å². The SMILES string of the molecule is O=C(O)Cn1ccc2c(NC3CC4(CCC4)C3)nc(Cl)nc21. The third-order valence-electron chi connectivity index (χ3n) is 5.01. The van der Waals surface area contributed by atoms with Crippen LogP contribution in [-0.4, -0.2) is 31.7 Å². The molecule has 2 saturated carbocycles. The summed E-state index contributed by atoms with van der Waals surface area (Å²) >= 11 is 6.01. The van der Waals surface area contributed by atoms with Crippen LogP contribution in [0.25, 0.3) is 11.0 Å². The minimum absolute atomic E-state index is 0.136. The average molecular weight is 321 g/mol. The van der Waals surface area contributed by atoms with Crippen LogP contribution in [0.2, 0.25) is 5.28 Å². The maximum absolute atomic E-state index is 10.9. The quantitative estimate of drug-likeness (QED) is 0.847. The number of carboxylic acids is 1. The van der Waals surface area contributed by atoms with Gasteiger partial charge in [-0.15, -0.1) is 0 Å². The Morgan fingerprint density at radius 3 is 2.86 bits per heavy atom. The van der Waals surface area contributed by atoms with Crippen molar-refractivity contribution >= 4 is 34.4 Å². The minimum atomic E-state index is -0.910. The van der Waals surface area contributed by atoms with E-state index in [2.05, 4.69) is 15.3 Å². The number of hydrogen-bond acceptors (Lipinski definition) is 4. The molecule has 0 atom stereocenters. The second-order valence-corrected chi connectivity index (χ2v) is 6.86. The zero-order chi connectivity index (χ0) is 15.3. The number of nitrogens with zero attached hydrogens (tertiary/aromatic N) is 3. The molecular weight excluding hydrogens is 304 g/mol. The molecule has 7 heteroatoms. The van der Waals surface area contributed by atoms with Gasteiger partial charge in [0.1, 0.15) is 18.0 Å². The molecule has 1 spiro atoms. The first kappa shape index (κ1) is 13.8. The summed E-state index contributed by atoms with van der Waals surface area (Å²) in [4.78, 5) is 19.4. The molecule has 2 aliphatic carbocycles. The van der Waals surface area contributed by atoms with Gasteiger partial charge in [-0.3, -0.25) is 4.79 Å². The Labute approximate surface area is 132 Å². The number of fused-ring (bicyclic) bond motifs is 1. The average Bonchev–Trinajstić information content (AvgIpc) is 2.73. The van der Waals surface area contributed by atoms with Gasteiger partial charge in [0.05, 0.1) is 5.39 Å². The van der Waals surface area contributed by atoms with Gasteiger partial charge < -0.3 is 15.0 Å². The zero-order valence-corrected chi connectivity index (χ0v) is 12.8. The minimum Gasteiger partial charge on any atom is -0.480 e. The summed E-state index contributed by atoms with van der Waals surface area (Å²) in [6, 6.07) is 2.27. The van der Waals surface area contributed by atoms with E-state index in [1.54, 1.807) is 10.8 Å². The number of aliphatic carboxylic acids is 1. The van der Waals surface area contributed by atoms with Crippen molar-refractivity contribution < 1.29 is 9.90 Å². The second-order valence-electron chi connectivity index (χ2n) is 6.52. The third-order valence-corrected chi connectivity index (χ3v) is 5.18. The largest absolute Gasteiger partial charge is 0.480 e. The van der Waals surface area contributed by atoms with E-state index < -0.39 is 5.97 Å². The Kier molecular flexibility index (Phi) is 3.04. The maximum Gasteiger partial charge on any atom is 0.323 e. The van der Waals surface area contributed by atoms with Gasteiger partial charge in [-0.25, -0.2) is 4.98 Å². The number of nitrogens with one attached hydrogen (secondary N) is 1. The van der Waals surface area contributed by atoms with Crippen molar-refractivity contribution in [2.45, 2.75) is 44.7 Å². The van der Waals surface area contributed by atoms with Crippen LogP contribution in [0, 0.1) is 5.41 Å². The first-order valence-corrected chi connectivity index (χ1v) is 7.93. The van der Waals surface area contributed by atoms with Crippen LogP contribution < -0.4 is 5.32 Å². The van der Waals surface area contributed by atoms with Gasteiger partial charge in [-0.2, -0.15) is 4.98 Å². The van der Waals surface area contributed by atoms with Crippen molar-refractivity contribution in [3.8, 4) is 0 Å². The maximum atomic E-state index is 10.9. The Morgan fingerprint density at radius 1 is 1.45 bits per heavy atom. The van der Waals surface area contributed by atoms with E-state index in [1.165, 1.54) is 32.1 Å². The van der Waals surface area contributed by atoms with Crippen molar-refractivity contribution in [1.82, 2.24) is 14.5 Å². The van der Waals surface area contributed by atoms with Gasteiger partial charge in [-0.1, -0.05) is 6.42 Å². The Balaban J connectivity index is 1.60. The van der Waals surface area contributed by atoms with Crippen molar-refractivity contribution in [2.24, 2.45) is 5.41 Å². The highest BCUT2D eigenvalue weighted by atomic mass is 35.5. The highest BCUT2D eigenvalue weighted by molar-refractivity contribution is 6.28. The molecule has 116 valence electrons. The molecule has 0 unspecified atom stereocenters. The monoisotopic (exact) mass is 320 g/mol. The van der Waals surface area contributed by atoms with Gasteiger partial charge in [0.15, 0.2) is 0 Å². The number of carboxylic acid groups (broad SMARTS) is 1. The topological polar surface area (TPSA) is 80.0 Å². The number of halogens is 1. The van der Waals surface area contributed by atoms with Crippen LogP contribution in [0.5, 0.6) is 0 Å². The van der Waals surface area contributed by atoms with Crippen LogP contribution in [0.15, 0.2) is 12.3 Å². The van der Waals surface area contributed by atoms with Crippen molar-refractivity contribution in [3.05, 3.63) is 17.5 Å². The second kappa shape index (κ2) is 4.84. The lowest BCUT2D eigenvalue weighted by molar-refractivity contribution is -0.137. The molecule has 2 aromatic heterocycles. The first-order chi connectivity index (χ1) is 10.5. The first-order valence-electron chi connectivity index (χ1n) is 7.55. The molecule has 22 heavy (non-hydrogen) atoms. The lowest BCUT2D eigenvalue weighted by Crippen LogP contribution is -2.49. The van der Waals surface area contributed by atoms with Gasteiger partial charge in [0, 0.05) is 12.2 Å². The number of hydrogen-bond donors (Lipinski definition) is 2. The van der Waals surface area contributed by atoms with Crippen LogP contribution >= 0.6 is 11.6 Å². The molecule has 0 bridgehead atoms. The summed E-state index contributed by atoms with van der Waals surface area (Å²) in [5, 5.41) is 13.4. The molecule has 0 aromatic carbocycles. The fraction of sp³-hybridized carbons (Fsp3) is 0.533. The fourth-order valence-corrected chi connectivity index (χ4v) is 3.95. The summed E-state index contributed by atoms with van der Waals surface area (Å²) in [6.45, 7) is -0.136. The van der Waals surface area contributed by atoms with E-state index in [0.717, 1.165) is 5.39 Å². The zero-order valence-electron chi connectivity index (χ0n) is 12.0. The fourth-order valence-electron chi connectivity index (χ4n) is 3.79. The lowest BCUT2D eigenvalue weighted by atomic mass is 9.54. The lowest BCUT2D eigenvalue weighted by Gasteiger charge is -2.54. The summed E-state index contributed by atoms with van der Waals surface area (Å²) < 4.78 is 1.57. The van der Waals surface area contributed by atoms with E-state index in [1.807, 2.05) is 6.07 Å². The van der Waals surface area contributed by atoms with Gasteiger partial charge in [0.25, 0.3) is 0 Å². The Bertz CT molecular complexity index is 745. The molecule has 2 aliphatic rings. The molecule has 2 fully saturated rings. The molecule has 0 aliphatic heterocycles. The highest BCUT2D eigenvalue weighted by Gasteiger charge is 2.48. The van der Waals surface area contributed by atoms with Crippen molar-refractivity contribution in [1.29, 1.82) is 0 Å². The molecule has 2 N–H and O–H groups in total. The van der Waals surface area contributed by atoms with Crippen LogP contribution in [0.3, 0.4) is 0 Å². The van der Waals surface area contributed by atoms with E-state index in [4.69, 9.17) is 16.7 Å². The number of rotatable bonds is 4. The van der Waals surface area contributed by atoms with E-state index >= 15 is 0 Å². The van der Waals surface area contributed by atoms with Crippen LogP contribution in [-0.2, 0) is 11.3 Å². The molecule has 0 saturated heterocycles. The summed E-state index contributed by atoms with van der Waals surface area (Å²) in [6.07, 6.45) is 8.13. The summed E-state index contributed by atoms with van der Waals surface area (Å²) in [7, 11) is 0. The van der Waals surface area contributed by atoms with Crippen LogP contribution in [0.1, 0.15) is 32.1 Å². The van der Waals surface area contributed by atoms with Gasteiger partial charge in [-0.05, 0) is 48.8 Å². The number of anilines is 1. The van der Waals surface area contributed by atoms with Gasteiger partial charge >= 0.3 is 5.97 Å². The molecule has 0 amide bonds. The van der Waals surface area contributed by atoms with E-state index in [0.29, 0.717) is 22.9 Å². The predicted octanol–water partition coefficient (Wildman–Crippen LogP) is 2.91. The number of aromatic nitrogens is 3. The summed E-state index contributed by atoms with van der Waals surface area (Å²) in [5.74, 6) is -0.203. The molecule has 2 aromatic rings. The highest BCUT2D eigenvalue weighted by Crippen LogP contribution is 2.56. The van der Waals surface area contributed by atoms with Gasteiger partial charge in [0.2, 0.25) is 5.28 Å². The molecular formula is C15H17ClN4O2. The molecule has 6 nitrogen and oxygen atoms in total. The predicted molar refractivity (Wildman–Crippen MR) is 83.1 cm³/mol. The van der Waals surface area contributed by atoms with Crippen LogP contribution in [0.4, 0.5) is 5.82 Å². The molecule has 4 rings (SSSR count). The van der Waals surface area contributed by atoms with Crippen molar-refractivity contribution in [2.75, 3.05) is 5.32 Å². The standard InChI is InChI=1S/C15H17ClN4O2/c16-14-18-12(17-9-6-15(7-9)3-1-4-15)10-2-5-20(8-11(21)22)13(10)19-14/h2,5,9H,1,3-4,6-8H2,(H,21,22)(H,17,18,19). The normalized spacial score (nSPS) is 19.9. The Morgan fingerprint density at radius 2 is 2.23 bits per heavy atom. The Hall–Kier alpha value is -1.82. The number of carbonyl (C=O) groups is 1. The smallest absolute Gasteiger partial charge is 0.323 e. The molecule has 0 radical (unpaired) electrons. The van der Waals surface area contributed by atoms with E-state index in [9.17, 15) is 4.79 Å². The van der Waals surface area contributed by atoms with Crippen molar-refractivity contribution in [3.63, 3.8) is 0 Å². The third kappa shape index (κ3) is 2.22. The summed E-state index contributed by atoms with van der Waals surface area (Å²) in [5.41, 5.74) is 1.14. The molecule has 2 heterocycles.